The fourth-order valence-corrected chi connectivity index (χ4v) is 9.98. The molecule has 35 heavy (non-hydrogen) atoms. The maximum absolute atomic E-state index is 4.44. The Kier molecular flexibility index (Phi) is 12.7. The number of rotatable bonds is 8. The van der Waals surface area contributed by atoms with Crippen molar-refractivity contribution in [2.24, 2.45) is 53.3 Å². The Balaban J connectivity index is 0.00000167. The minimum absolute atomic E-state index is 0.771. The van der Waals surface area contributed by atoms with Gasteiger partial charge in [0, 0.05) is 0 Å². The number of hydrogen-bond donors (Lipinski definition) is 0. The monoisotopic (exact) mass is 485 g/mol. The zero-order valence-corrected chi connectivity index (χ0v) is 24.8. The van der Waals surface area contributed by atoms with Crippen molar-refractivity contribution in [3.05, 3.63) is 12.2 Å². The molecule has 0 saturated heterocycles. The summed E-state index contributed by atoms with van der Waals surface area (Å²) >= 11 is 0. The molecule has 0 amide bonds. The van der Waals surface area contributed by atoms with Crippen molar-refractivity contribution in [2.75, 3.05) is 0 Å². The fourth-order valence-electron chi connectivity index (χ4n) is 9.98. The average Bonchev–Trinajstić information content (AvgIpc) is 2.88. The highest BCUT2D eigenvalue weighted by atomic mass is 14.6. The van der Waals surface area contributed by atoms with E-state index in [9.17, 15) is 0 Å². The van der Waals surface area contributed by atoms with Crippen LogP contribution in [0.1, 0.15) is 157 Å². The Hall–Kier alpha value is -0.260. The third kappa shape index (κ3) is 7.19. The molecule has 8 atom stereocenters. The normalized spacial score (nSPS) is 35.8. The van der Waals surface area contributed by atoms with Crippen LogP contribution < -0.4 is 0 Å². The molecule has 0 aromatic heterocycles. The molecular formula is C35H64. The summed E-state index contributed by atoms with van der Waals surface area (Å²) in [5.74, 6) is 9.23. The summed E-state index contributed by atoms with van der Waals surface area (Å²) in [6, 6.07) is 0. The molecule has 4 aliphatic carbocycles. The predicted octanol–water partition coefficient (Wildman–Crippen LogP) is 11.6. The Bertz CT molecular complexity index is 557. The number of hydrogen-bond acceptors (Lipinski definition) is 0. The lowest BCUT2D eigenvalue weighted by Crippen LogP contribution is -2.52. The molecule has 4 rings (SSSR count). The van der Waals surface area contributed by atoms with Crippen LogP contribution in [0.25, 0.3) is 0 Å². The van der Waals surface area contributed by atoms with Crippen LogP contribution in [0.5, 0.6) is 0 Å². The van der Waals surface area contributed by atoms with Gasteiger partial charge in [-0.2, -0.15) is 0 Å². The van der Waals surface area contributed by atoms with Gasteiger partial charge in [0.1, 0.15) is 0 Å². The number of allylic oxidation sites excluding steroid dienone is 1. The van der Waals surface area contributed by atoms with Gasteiger partial charge in [-0.05, 0) is 105 Å². The summed E-state index contributed by atoms with van der Waals surface area (Å²) in [6.07, 6.45) is 28.6. The van der Waals surface area contributed by atoms with E-state index in [-0.39, 0.29) is 0 Å². The van der Waals surface area contributed by atoms with Gasteiger partial charge < -0.3 is 0 Å². The topological polar surface area (TPSA) is 0 Å². The predicted molar refractivity (Wildman–Crippen MR) is 157 cm³/mol. The van der Waals surface area contributed by atoms with E-state index in [1.807, 2.05) is 13.8 Å². The van der Waals surface area contributed by atoms with Crippen LogP contribution >= 0.6 is 0 Å². The third-order valence-electron chi connectivity index (χ3n) is 11.6. The van der Waals surface area contributed by atoms with Gasteiger partial charge in [-0.1, -0.05) is 117 Å². The van der Waals surface area contributed by atoms with Crippen molar-refractivity contribution in [1.82, 2.24) is 0 Å². The molecule has 0 heteroatoms. The van der Waals surface area contributed by atoms with E-state index in [0.717, 1.165) is 53.3 Å². The summed E-state index contributed by atoms with van der Waals surface area (Å²) in [4.78, 5) is 0. The Morgan fingerprint density at radius 3 is 1.60 bits per heavy atom. The van der Waals surface area contributed by atoms with Gasteiger partial charge in [-0.15, -0.1) is 0 Å². The first kappa shape index (κ1) is 29.3. The Morgan fingerprint density at radius 1 is 0.657 bits per heavy atom. The smallest absolute Gasteiger partial charge is 0.0209 e. The second kappa shape index (κ2) is 15.2. The molecule has 0 nitrogen and oxygen atoms in total. The molecule has 7 unspecified atom stereocenters. The van der Waals surface area contributed by atoms with Crippen LogP contribution in [-0.2, 0) is 0 Å². The molecule has 4 fully saturated rings. The van der Waals surface area contributed by atoms with Crippen molar-refractivity contribution >= 4 is 0 Å². The molecule has 0 radical (unpaired) electrons. The first-order valence-corrected chi connectivity index (χ1v) is 16.8. The summed E-state index contributed by atoms with van der Waals surface area (Å²) in [5, 5.41) is 0. The van der Waals surface area contributed by atoms with Gasteiger partial charge in [-0.25, -0.2) is 0 Å². The highest BCUT2D eigenvalue weighted by Gasteiger charge is 2.53. The molecule has 0 N–H and O–H groups in total. The Labute approximate surface area is 221 Å². The maximum Gasteiger partial charge on any atom is -0.0209 e. The lowest BCUT2D eigenvalue weighted by atomic mass is 9.46. The molecule has 4 saturated carbocycles. The van der Waals surface area contributed by atoms with Crippen molar-refractivity contribution in [2.45, 2.75) is 157 Å². The average molecular weight is 485 g/mol. The highest BCUT2D eigenvalue weighted by Crippen LogP contribution is 2.61. The summed E-state index contributed by atoms with van der Waals surface area (Å²) < 4.78 is 0. The van der Waals surface area contributed by atoms with Crippen molar-refractivity contribution < 1.29 is 0 Å². The van der Waals surface area contributed by atoms with E-state index >= 15 is 0 Å². The summed E-state index contributed by atoms with van der Waals surface area (Å²) in [6.45, 7) is 15.8. The molecule has 204 valence electrons. The van der Waals surface area contributed by atoms with E-state index < -0.39 is 0 Å². The lowest BCUT2D eigenvalue weighted by molar-refractivity contribution is -0.105. The molecule has 0 spiro atoms. The quantitative estimate of drug-likeness (QED) is 0.300. The van der Waals surface area contributed by atoms with E-state index in [2.05, 4.69) is 27.4 Å². The minimum Gasteiger partial charge on any atom is -0.0996 e. The van der Waals surface area contributed by atoms with Gasteiger partial charge in [0.2, 0.25) is 0 Å². The van der Waals surface area contributed by atoms with Crippen LogP contribution in [-0.4, -0.2) is 0 Å². The first-order chi connectivity index (χ1) is 17.2. The van der Waals surface area contributed by atoms with E-state index in [1.54, 1.807) is 38.5 Å². The molecule has 0 aromatic carbocycles. The number of fused-ring (bicyclic) bond motifs is 2. The van der Waals surface area contributed by atoms with Gasteiger partial charge in [0.25, 0.3) is 0 Å². The van der Waals surface area contributed by atoms with Gasteiger partial charge >= 0.3 is 0 Å². The van der Waals surface area contributed by atoms with E-state index in [0.29, 0.717) is 0 Å². The first-order valence-electron chi connectivity index (χ1n) is 16.8. The second-order valence-corrected chi connectivity index (χ2v) is 13.2. The highest BCUT2D eigenvalue weighted by molar-refractivity contribution is 5.03. The second-order valence-electron chi connectivity index (χ2n) is 13.2. The van der Waals surface area contributed by atoms with Crippen LogP contribution in [0, 0.1) is 53.3 Å². The van der Waals surface area contributed by atoms with Crippen LogP contribution in [0.15, 0.2) is 12.2 Å². The van der Waals surface area contributed by atoms with Crippen LogP contribution in [0.4, 0.5) is 0 Å². The third-order valence-corrected chi connectivity index (χ3v) is 11.6. The molecular weight excluding hydrogens is 420 g/mol. The van der Waals surface area contributed by atoms with Crippen LogP contribution in [0.3, 0.4) is 0 Å². The molecule has 0 heterocycles. The van der Waals surface area contributed by atoms with Crippen molar-refractivity contribution in [3.8, 4) is 0 Å². The van der Waals surface area contributed by atoms with E-state index in [1.165, 1.54) is 89.0 Å². The fraction of sp³-hybridized carbons (Fsp3) is 0.943. The maximum atomic E-state index is 4.44. The molecule has 0 aliphatic heterocycles. The van der Waals surface area contributed by atoms with Crippen molar-refractivity contribution in [3.63, 3.8) is 0 Å². The zero-order valence-electron chi connectivity index (χ0n) is 24.8. The molecule has 0 bridgehead atoms. The van der Waals surface area contributed by atoms with Gasteiger partial charge in [-0.3, -0.25) is 0 Å². The largest absolute Gasteiger partial charge is 0.0996 e. The zero-order chi connectivity index (χ0) is 25.2. The lowest BCUT2D eigenvalue weighted by Gasteiger charge is -2.59. The van der Waals surface area contributed by atoms with Gasteiger partial charge in [0.15, 0.2) is 0 Å². The Morgan fingerprint density at radius 2 is 1.11 bits per heavy atom. The summed E-state index contributed by atoms with van der Waals surface area (Å²) in [7, 11) is 0. The summed E-state index contributed by atoms with van der Waals surface area (Å²) in [5.41, 5.74) is 1.52. The van der Waals surface area contributed by atoms with E-state index in [4.69, 9.17) is 0 Å². The molecule has 4 aliphatic rings. The molecule has 0 aromatic rings. The van der Waals surface area contributed by atoms with Gasteiger partial charge in [0.05, 0.1) is 0 Å². The van der Waals surface area contributed by atoms with Crippen molar-refractivity contribution in [1.29, 1.82) is 0 Å². The van der Waals surface area contributed by atoms with Crippen LogP contribution in [0.2, 0.25) is 0 Å². The minimum atomic E-state index is 0.771. The SMILES string of the molecule is C=C(CC)C(CC)CCC(C)C1C2CCCCC2C(C2CCCCCCC2)[C@H]2CCCCC12.CC. The standard InChI is InChI=1S/C33H58.C2H6/c1-5-24(3)26(6-2)23-22-25(4)32-28-18-12-14-20-30(28)33(31-21-15-13-19-29(31)32)27-16-10-8-7-9-11-17-27;1-2/h25-33H,3,5-23H2,1-2,4H3;1-2H3/t25?,26?,28?,29?,30-,31?,32?,33?;/m0./s1.